The summed E-state index contributed by atoms with van der Waals surface area (Å²) in [5, 5.41) is 2.92. The van der Waals surface area contributed by atoms with Crippen LogP contribution in [0.3, 0.4) is 0 Å². The van der Waals surface area contributed by atoms with Crippen LogP contribution in [0.1, 0.15) is 31.1 Å². The van der Waals surface area contributed by atoms with Crippen LogP contribution in [0.4, 0.5) is 11.6 Å². The molecular weight excluding hydrogens is 314 g/mol. The first kappa shape index (κ1) is 17.2. The van der Waals surface area contributed by atoms with Gasteiger partial charge in [-0.05, 0) is 32.9 Å². The molecule has 25 heavy (non-hydrogen) atoms. The zero-order chi connectivity index (χ0) is 17.9. The van der Waals surface area contributed by atoms with Gasteiger partial charge >= 0.3 is 0 Å². The fraction of sp³-hybridized carbons (Fsp3) is 0.421. The molecule has 0 radical (unpaired) electrons. The van der Waals surface area contributed by atoms with Gasteiger partial charge in [0, 0.05) is 49.8 Å². The minimum Gasteiger partial charge on any atom is -0.368 e. The van der Waals surface area contributed by atoms with Crippen molar-refractivity contribution < 1.29 is 4.79 Å². The topological polar surface area (TPSA) is 61.4 Å². The van der Waals surface area contributed by atoms with Gasteiger partial charge in [-0.15, -0.1) is 0 Å². The number of para-hydroxylation sites is 1. The summed E-state index contributed by atoms with van der Waals surface area (Å²) in [7, 11) is 0. The van der Waals surface area contributed by atoms with Gasteiger partial charge in [0.25, 0.3) is 5.91 Å². The number of nitrogens with zero attached hydrogens (tertiary/aromatic N) is 4. The van der Waals surface area contributed by atoms with Gasteiger partial charge in [0.15, 0.2) is 0 Å². The molecule has 0 bridgehead atoms. The molecule has 132 valence electrons. The van der Waals surface area contributed by atoms with E-state index in [0.717, 1.165) is 26.2 Å². The van der Waals surface area contributed by atoms with Gasteiger partial charge in [0.1, 0.15) is 0 Å². The molecule has 1 saturated heterocycles. The quantitative estimate of drug-likeness (QED) is 0.930. The van der Waals surface area contributed by atoms with Crippen LogP contribution < -0.4 is 15.1 Å². The van der Waals surface area contributed by atoms with Crippen molar-refractivity contribution in [1.82, 2.24) is 15.3 Å². The van der Waals surface area contributed by atoms with Gasteiger partial charge in [0.05, 0.1) is 5.56 Å². The van der Waals surface area contributed by atoms with Crippen LogP contribution in [0.2, 0.25) is 0 Å². The molecule has 1 aliphatic rings. The van der Waals surface area contributed by atoms with Gasteiger partial charge in [-0.3, -0.25) is 4.79 Å². The van der Waals surface area contributed by atoms with Crippen molar-refractivity contribution in [2.45, 2.75) is 26.3 Å². The number of carbonyl (C=O) groups excluding carboxylic acids is 1. The van der Waals surface area contributed by atoms with E-state index in [1.165, 1.54) is 5.69 Å². The van der Waals surface area contributed by atoms with E-state index < -0.39 is 0 Å². The first-order valence-electron chi connectivity index (χ1n) is 8.62. The summed E-state index contributed by atoms with van der Waals surface area (Å²) in [6, 6.07) is 10.4. The minimum absolute atomic E-state index is 0.145. The van der Waals surface area contributed by atoms with Crippen LogP contribution in [0, 0.1) is 0 Å². The van der Waals surface area contributed by atoms with Crippen LogP contribution >= 0.6 is 0 Å². The van der Waals surface area contributed by atoms with E-state index >= 15 is 0 Å². The fourth-order valence-electron chi connectivity index (χ4n) is 2.82. The number of carbonyl (C=O) groups is 1. The maximum atomic E-state index is 12.1. The molecule has 1 aromatic heterocycles. The first-order chi connectivity index (χ1) is 11.9. The maximum Gasteiger partial charge on any atom is 0.254 e. The largest absolute Gasteiger partial charge is 0.368 e. The molecule has 0 saturated carbocycles. The average molecular weight is 339 g/mol. The van der Waals surface area contributed by atoms with Crippen molar-refractivity contribution in [2.75, 3.05) is 36.0 Å². The minimum atomic E-state index is -0.274. The number of aromatic nitrogens is 2. The fourth-order valence-corrected chi connectivity index (χ4v) is 2.82. The number of piperazine rings is 1. The monoisotopic (exact) mass is 339 g/mol. The number of hydrogen-bond donors (Lipinski definition) is 1. The molecule has 0 spiro atoms. The summed E-state index contributed by atoms with van der Waals surface area (Å²) >= 11 is 0. The van der Waals surface area contributed by atoms with E-state index in [2.05, 4.69) is 49.4 Å². The molecule has 0 aliphatic carbocycles. The van der Waals surface area contributed by atoms with Crippen molar-refractivity contribution >= 4 is 17.5 Å². The Hall–Kier alpha value is -2.63. The van der Waals surface area contributed by atoms with Crippen LogP contribution in [0.15, 0.2) is 42.7 Å². The normalized spacial score (nSPS) is 15.2. The molecule has 3 rings (SSSR count). The van der Waals surface area contributed by atoms with Gasteiger partial charge < -0.3 is 15.1 Å². The lowest BCUT2D eigenvalue weighted by Gasteiger charge is -2.36. The third-order valence-electron chi connectivity index (χ3n) is 4.07. The Morgan fingerprint density at radius 3 is 2.08 bits per heavy atom. The Kier molecular flexibility index (Phi) is 4.88. The SMILES string of the molecule is CC(C)(C)NC(=O)c1cnc(N2CCN(c3ccccc3)CC2)nc1. The molecule has 1 amide bonds. The Balaban J connectivity index is 1.60. The second-order valence-electron chi connectivity index (χ2n) is 7.29. The molecular formula is C19H25N5O. The lowest BCUT2D eigenvalue weighted by atomic mass is 10.1. The Morgan fingerprint density at radius 2 is 1.52 bits per heavy atom. The van der Waals surface area contributed by atoms with Gasteiger partial charge in [0.2, 0.25) is 5.95 Å². The van der Waals surface area contributed by atoms with E-state index in [-0.39, 0.29) is 11.4 Å². The first-order valence-corrected chi connectivity index (χ1v) is 8.62. The van der Waals surface area contributed by atoms with Crippen molar-refractivity contribution in [1.29, 1.82) is 0 Å². The third kappa shape index (κ3) is 4.47. The zero-order valence-corrected chi connectivity index (χ0v) is 15.1. The summed E-state index contributed by atoms with van der Waals surface area (Å²) in [6.45, 7) is 9.44. The molecule has 6 nitrogen and oxygen atoms in total. The third-order valence-corrected chi connectivity index (χ3v) is 4.07. The second-order valence-corrected chi connectivity index (χ2v) is 7.29. The summed E-state index contributed by atoms with van der Waals surface area (Å²) in [6.07, 6.45) is 3.21. The number of rotatable bonds is 3. The predicted molar refractivity (Wildman–Crippen MR) is 100 cm³/mol. The van der Waals surface area contributed by atoms with Crippen LogP contribution in [0.25, 0.3) is 0 Å². The molecule has 0 unspecified atom stereocenters. The van der Waals surface area contributed by atoms with Crippen molar-refractivity contribution in [2.24, 2.45) is 0 Å². The zero-order valence-electron chi connectivity index (χ0n) is 15.1. The molecule has 2 aromatic rings. The lowest BCUT2D eigenvalue weighted by Crippen LogP contribution is -2.47. The molecule has 1 fully saturated rings. The maximum absolute atomic E-state index is 12.1. The second kappa shape index (κ2) is 7.09. The van der Waals surface area contributed by atoms with Crippen molar-refractivity contribution in [3.05, 3.63) is 48.3 Å². The highest BCUT2D eigenvalue weighted by Gasteiger charge is 2.20. The molecule has 0 atom stereocenters. The molecule has 1 aliphatic heterocycles. The molecule has 1 N–H and O–H groups in total. The highest BCUT2D eigenvalue weighted by Crippen LogP contribution is 2.17. The van der Waals surface area contributed by atoms with E-state index in [1.807, 2.05) is 26.8 Å². The van der Waals surface area contributed by atoms with E-state index in [4.69, 9.17) is 0 Å². The highest BCUT2D eigenvalue weighted by molar-refractivity contribution is 5.94. The Bertz CT molecular complexity index is 701. The summed E-state index contributed by atoms with van der Waals surface area (Å²) < 4.78 is 0. The standard InChI is InChI=1S/C19H25N5O/c1-19(2,3)22-17(25)15-13-20-18(21-14-15)24-11-9-23(10-12-24)16-7-5-4-6-8-16/h4-8,13-14H,9-12H2,1-3H3,(H,22,25). The van der Waals surface area contributed by atoms with E-state index in [0.29, 0.717) is 11.5 Å². The van der Waals surface area contributed by atoms with Gasteiger partial charge in [-0.25, -0.2) is 9.97 Å². The Morgan fingerprint density at radius 1 is 0.960 bits per heavy atom. The number of nitrogens with one attached hydrogen (secondary N) is 1. The van der Waals surface area contributed by atoms with Gasteiger partial charge in [-0.2, -0.15) is 0 Å². The van der Waals surface area contributed by atoms with Crippen LogP contribution in [-0.4, -0.2) is 47.6 Å². The number of hydrogen-bond acceptors (Lipinski definition) is 5. The number of amides is 1. The summed E-state index contributed by atoms with van der Waals surface area (Å²) in [5.74, 6) is 0.535. The van der Waals surface area contributed by atoms with E-state index in [1.54, 1.807) is 12.4 Å². The van der Waals surface area contributed by atoms with Crippen molar-refractivity contribution in [3.8, 4) is 0 Å². The van der Waals surface area contributed by atoms with Crippen molar-refractivity contribution in [3.63, 3.8) is 0 Å². The smallest absolute Gasteiger partial charge is 0.254 e. The molecule has 1 aromatic carbocycles. The molecule has 6 heteroatoms. The summed E-state index contributed by atoms with van der Waals surface area (Å²) in [4.78, 5) is 25.4. The number of anilines is 2. The van der Waals surface area contributed by atoms with Crippen LogP contribution in [-0.2, 0) is 0 Å². The average Bonchev–Trinajstić information content (AvgIpc) is 2.61. The predicted octanol–water partition coefficient (Wildman–Crippen LogP) is 2.33. The highest BCUT2D eigenvalue weighted by atomic mass is 16.1. The van der Waals surface area contributed by atoms with Gasteiger partial charge in [-0.1, -0.05) is 18.2 Å². The van der Waals surface area contributed by atoms with E-state index in [9.17, 15) is 4.79 Å². The number of benzene rings is 1. The summed E-state index contributed by atoms with van der Waals surface area (Å²) in [5.41, 5.74) is 1.46. The lowest BCUT2D eigenvalue weighted by molar-refractivity contribution is 0.0919. The van der Waals surface area contributed by atoms with Crippen LogP contribution in [0.5, 0.6) is 0 Å². The Labute approximate surface area is 148 Å². The molecule has 2 heterocycles.